The molecule has 0 aromatic carbocycles. The van der Waals surface area contributed by atoms with Crippen LogP contribution in [-0.4, -0.2) is 50.3 Å². The van der Waals surface area contributed by atoms with E-state index >= 15 is 0 Å². The van der Waals surface area contributed by atoms with E-state index in [0.717, 1.165) is 57.4 Å². The lowest BCUT2D eigenvalue weighted by atomic mass is 10.2. The van der Waals surface area contributed by atoms with Crippen molar-refractivity contribution in [3.8, 4) is 0 Å². The van der Waals surface area contributed by atoms with Crippen molar-refractivity contribution in [2.75, 3.05) is 38.2 Å². The number of aromatic nitrogens is 1. The third kappa shape index (κ3) is 5.47. The van der Waals surface area contributed by atoms with Crippen LogP contribution in [0.15, 0.2) is 23.3 Å². The van der Waals surface area contributed by atoms with E-state index in [1.165, 1.54) is 18.4 Å². The number of anilines is 1. The van der Waals surface area contributed by atoms with Gasteiger partial charge in [0.25, 0.3) is 0 Å². The van der Waals surface area contributed by atoms with E-state index in [9.17, 15) is 0 Å². The van der Waals surface area contributed by atoms with E-state index in [1.807, 2.05) is 6.20 Å². The summed E-state index contributed by atoms with van der Waals surface area (Å²) >= 11 is 0. The highest BCUT2D eigenvalue weighted by molar-refractivity contribution is 14.0. The molecule has 2 fully saturated rings. The van der Waals surface area contributed by atoms with Crippen LogP contribution in [0.4, 0.5) is 5.82 Å². The van der Waals surface area contributed by atoms with E-state index in [-0.39, 0.29) is 24.0 Å². The summed E-state index contributed by atoms with van der Waals surface area (Å²) in [5.74, 6) is 1.91. The van der Waals surface area contributed by atoms with Gasteiger partial charge in [-0.25, -0.2) is 4.98 Å². The Morgan fingerprint density at radius 3 is 2.88 bits per heavy atom. The Balaban J connectivity index is 0.00000208. The van der Waals surface area contributed by atoms with Crippen molar-refractivity contribution in [2.45, 2.75) is 38.3 Å². The molecule has 2 saturated heterocycles. The van der Waals surface area contributed by atoms with Gasteiger partial charge in [-0.3, -0.25) is 4.99 Å². The van der Waals surface area contributed by atoms with Gasteiger partial charge in [-0.15, -0.1) is 24.0 Å². The van der Waals surface area contributed by atoms with Crippen LogP contribution in [-0.2, 0) is 11.3 Å². The van der Waals surface area contributed by atoms with Crippen molar-refractivity contribution in [1.82, 2.24) is 15.6 Å². The van der Waals surface area contributed by atoms with Gasteiger partial charge < -0.3 is 20.3 Å². The summed E-state index contributed by atoms with van der Waals surface area (Å²) in [6.45, 7) is 4.68. The molecule has 0 spiro atoms. The number of pyridine rings is 1. The zero-order valence-corrected chi connectivity index (χ0v) is 16.7. The highest BCUT2D eigenvalue weighted by atomic mass is 127. The quantitative estimate of drug-likeness (QED) is 0.413. The number of ether oxygens (including phenoxy) is 1. The highest BCUT2D eigenvalue weighted by Crippen LogP contribution is 2.18. The molecule has 7 heteroatoms. The van der Waals surface area contributed by atoms with Gasteiger partial charge in [0.05, 0.1) is 6.10 Å². The predicted molar refractivity (Wildman–Crippen MR) is 108 cm³/mol. The Labute approximate surface area is 161 Å². The molecule has 0 radical (unpaired) electrons. The summed E-state index contributed by atoms with van der Waals surface area (Å²) in [5.41, 5.74) is 1.22. The Morgan fingerprint density at radius 2 is 2.17 bits per heavy atom. The number of nitrogens with one attached hydrogen (secondary N) is 2. The van der Waals surface area contributed by atoms with Gasteiger partial charge in [0.15, 0.2) is 5.96 Å². The van der Waals surface area contributed by atoms with Crippen LogP contribution in [0.1, 0.15) is 31.2 Å². The summed E-state index contributed by atoms with van der Waals surface area (Å²) in [6.07, 6.45) is 7.04. The molecule has 2 aliphatic heterocycles. The molecule has 1 unspecified atom stereocenters. The fourth-order valence-electron chi connectivity index (χ4n) is 3.11. The lowest BCUT2D eigenvalue weighted by Gasteiger charge is -2.18. The number of aliphatic imine (C=N–C) groups is 1. The molecule has 3 heterocycles. The van der Waals surface area contributed by atoms with Gasteiger partial charge in [-0.05, 0) is 43.4 Å². The average molecular weight is 445 g/mol. The number of nitrogens with zero attached hydrogens (tertiary/aromatic N) is 3. The van der Waals surface area contributed by atoms with Gasteiger partial charge in [0, 0.05) is 46.0 Å². The zero-order valence-electron chi connectivity index (χ0n) is 14.3. The van der Waals surface area contributed by atoms with Crippen LogP contribution < -0.4 is 15.5 Å². The topological polar surface area (TPSA) is 61.8 Å². The molecular weight excluding hydrogens is 417 g/mol. The van der Waals surface area contributed by atoms with Crippen LogP contribution in [0.25, 0.3) is 0 Å². The van der Waals surface area contributed by atoms with Crippen molar-refractivity contribution in [3.05, 3.63) is 23.9 Å². The van der Waals surface area contributed by atoms with Gasteiger partial charge in [0.1, 0.15) is 5.82 Å². The second kappa shape index (κ2) is 10.0. The molecule has 6 nitrogen and oxygen atoms in total. The van der Waals surface area contributed by atoms with Gasteiger partial charge in [0.2, 0.25) is 0 Å². The van der Waals surface area contributed by atoms with Gasteiger partial charge in [-0.1, -0.05) is 0 Å². The van der Waals surface area contributed by atoms with Gasteiger partial charge in [-0.2, -0.15) is 0 Å². The molecule has 1 aromatic heterocycles. The summed E-state index contributed by atoms with van der Waals surface area (Å²) in [7, 11) is 1.80. The first-order valence-corrected chi connectivity index (χ1v) is 8.61. The zero-order chi connectivity index (χ0) is 15.9. The molecule has 2 N–H and O–H groups in total. The minimum absolute atomic E-state index is 0. The van der Waals surface area contributed by atoms with Crippen molar-refractivity contribution < 1.29 is 4.74 Å². The fraction of sp³-hybridized carbons (Fsp3) is 0.647. The maximum Gasteiger partial charge on any atom is 0.191 e. The maximum atomic E-state index is 5.62. The van der Waals surface area contributed by atoms with Crippen LogP contribution in [0.3, 0.4) is 0 Å². The van der Waals surface area contributed by atoms with E-state index < -0.39 is 0 Å². The Morgan fingerprint density at radius 1 is 1.33 bits per heavy atom. The lowest BCUT2D eigenvalue weighted by molar-refractivity contribution is 0.114. The minimum Gasteiger partial charge on any atom is -0.376 e. The third-order valence-corrected chi connectivity index (χ3v) is 4.44. The predicted octanol–water partition coefficient (Wildman–Crippen LogP) is 2.14. The molecule has 0 amide bonds. The lowest BCUT2D eigenvalue weighted by Crippen LogP contribution is -2.40. The molecule has 134 valence electrons. The molecule has 0 aliphatic carbocycles. The van der Waals surface area contributed by atoms with E-state index in [1.54, 1.807) is 7.05 Å². The Bertz CT molecular complexity index is 527. The first kappa shape index (κ1) is 19.2. The molecule has 2 aliphatic rings. The average Bonchev–Trinajstić information content (AvgIpc) is 3.29. The molecule has 1 aromatic rings. The standard InChI is InChI=1S/C17H27N5O.HI/c1-18-17(21-13-15-5-4-10-23-15)20-12-14-6-7-19-16(11-14)22-8-2-3-9-22;/h6-7,11,15H,2-5,8-10,12-13H2,1H3,(H2,18,20,21);1H. The maximum absolute atomic E-state index is 5.62. The summed E-state index contributed by atoms with van der Waals surface area (Å²) in [5, 5.41) is 6.70. The smallest absolute Gasteiger partial charge is 0.191 e. The second-order valence-electron chi connectivity index (χ2n) is 6.16. The first-order chi connectivity index (χ1) is 11.3. The second-order valence-corrected chi connectivity index (χ2v) is 6.16. The number of hydrogen-bond acceptors (Lipinski definition) is 4. The van der Waals surface area contributed by atoms with Crippen LogP contribution in [0.2, 0.25) is 0 Å². The van der Waals surface area contributed by atoms with E-state index in [0.29, 0.717) is 6.10 Å². The molecular formula is C17H28IN5O. The van der Waals surface area contributed by atoms with E-state index in [2.05, 4.69) is 37.6 Å². The van der Waals surface area contributed by atoms with Gasteiger partial charge >= 0.3 is 0 Å². The third-order valence-electron chi connectivity index (χ3n) is 4.44. The Hall–Kier alpha value is -1.09. The molecule has 1 atom stereocenters. The largest absolute Gasteiger partial charge is 0.376 e. The van der Waals surface area contributed by atoms with Crippen LogP contribution in [0.5, 0.6) is 0 Å². The van der Waals surface area contributed by atoms with Crippen molar-refractivity contribution in [3.63, 3.8) is 0 Å². The summed E-state index contributed by atoms with van der Waals surface area (Å²) in [6, 6.07) is 4.23. The fourth-order valence-corrected chi connectivity index (χ4v) is 3.11. The monoisotopic (exact) mass is 445 g/mol. The normalized spacial score (nSPS) is 20.8. The van der Waals surface area contributed by atoms with Crippen molar-refractivity contribution >= 4 is 35.8 Å². The van der Waals surface area contributed by atoms with Crippen molar-refractivity contribution in [1.29, 1.82) is 0 Å². The summed E-state index contributed by atoms with van der Waals surface area (Å²) in [4.78, 5) is 11.1. The SMILES string of the molecule is CN=C(NCc1ccnc(N2CCCC2)c1)NCC1CCCO1.I. The number of guanidine groups is 1. The molecule has 24 heavy (non-hydrogen) atoms. The molecule has 3 rings (SSSR count). The molecule has 0 bridgehead atoms. The van der Waals surface area contributed by atoms with Crippen LogP contribution in [0, 0.1) is 0 Å². The van der Waals surface area contributed by atoms with Crippen LogP contribution >= 0.6 is 24.0 Å². The Kier molecular flexibility index (Phi) is 8.04. The number of rotatable bonds is 5. The number of halogens is 1. The molecule has 0 saturated carbocycles. The minimum atomic E-state index is 0. The van der Waals surface area contributed by atoms with Crippen molar-refractivity contribution in [2.24, 2.45) is 4.99 Å². The number of hydrogen-bond donors (Lipinski definition) is 2. The summed E-state index contributed by atoms with van der Waals surface area (Å²) < 4.78 is 5.62. The first-order valence-electron chi connectivity index (χ1n) is 8.61. The highest BCUT2D eigenvalue weighted by Gasteiger charge is 2.16. The van der Waals surface area contributed by atoms with E-state index in [4.69, 9.17) is 4.74 Å².